The molecule has 0 bridgehead atoms. The van der Waals surface area contributed by atoms with Crippen LogP contribution in [0.25, 0.3) is 0 Å². The molecule has 0 unspecified atom stereocenters. The van der Waals surface area contributed by atoms with E-state index in [0.717, 1.165) is 12.8 Å². The average Bonchev–Trinajstić information content (AvgIpc) is 2.25. The van der Waals surface area contributed by atoms with Gasteiger partial charge in [0.1, 0.15) is 0 Å². The SMILES string of the molecule is CCCCCCCC(=O)N(C)CCC(N)=S. The van der Waals surface area contributed by atoms with Gasteiger partial charge < -0.3 is 10.6 Å². The van der Waals surface area contributed by atoms with Crippen molar-refractivity contribution >= 4 is 23.1 Å². The van der Waals surface area contributed by atoms with Crippen LogP contribution in [0.4, 0.5) is 0 Å². The van der Waals surface area contributed by atoms with E-state index in [1.807, 2.05) is 7.05 Å². The second kappa shape index (κ2) is 9.58. The van der Waals surface area contributed by atoms with Crippen molar-refractivity contribution in [1.82, 2.24) is 4.90 Å². The first-order chi connectivity index (χ1) is 7.57. The third kappa shape index (κ3) is 8.65. The fourth-order valence-corrected chi connectivity index (χ4v) is 1.56. The molecule has 3 nitrogen and oxygen atoms in total. The highest BCUT2D eigenvalue weighted by Gasteiger charge is 2.07. The standard InChI is InChI=1S/C12H24N2OS/c1-3-4-5-6-7-8-12(15)14(2)10-9-11(13)16/h3-10H2,1-2H3,(H2,13,16). The second-order valence-electron chi connectivity index (χ2n) is 4.20. The van der Waals surface area contributed by atoms with Crippen LogP contribution in [0, 0.1) is 0 Å². The minimum Gasteiger partial charge on any atom is -0.393 e. The molecule has 0 aliphatic carbocycles. The molecule has 0 aliphatic rings. The Bertz CT molecular complexity index is 219. The first kappa shape index (κ1) is 15.4. The van der Waals surface area contributed by atoms with Crippen LogP contribution in [0.5, 0.6) is 0 Å². The van der Waals surface area contributed by atoms with Crippen LogP contribution in [0.3, 0.4) is 0 Å². The van der Waals surface area contributed by atoms with Gasteiger partial charge in [-0.3, -0.25) is 4.79 Å². The lowest BCUT2D eigenvalue weighted by Gasteiger charge is -2.16. The first-order valence-electron chi connectivity index (χ1n) is 6.10. The van der Waals surface area contributed by atoms with E-state index in [9.17, 15) is 4.79 Å². The molecule has 0 aromatic rings. The molecule has 0 aromatic heterocycles. The molecule has 0 spiro atoms. The third-order valence-corrected chi connectivity index (χ3v) is 2.82. The summed E-state index contributed by atoms with van der Waals surface area (Å²) in [5.74, 6) is 0.202. The monoisotopic (exact) mass is 244 g/mol. The average molecular weight is 244 g/mol. The maximum absolute atomic E-state index is 11.6. The minimum atomic E-state index is 0.202. The lowest BCUT2D eigenvalue weighted by atomic mass is 10.1. The van der Waals surface area contributed by atoms with Gasteiger partial charge in [0, 0.05) is 26.4 Å². The summed E-state index contributed by atoms with van der Waals surface area (Å²) in [6, 6.07) is 0. The Kier molecular flexibility index (Phi) is 9.19. The number of nitrogens with two attached hydrogens (primary N) is 1. The number of hydrogen-bond acceptors (Lipinski definition) is 2. The van der Waals surface area contributed by atoms with Gasteiger partial charge in [-0.25, -0.2) is 0 Å². The number of rotatable bonds is 9. The van der Waals surface area contributed by atoms with Crippen LogP contribution in [0.15, 0.2) is 0 Å². The lowest BCUT2D eigenvalue weighted by Crippen LogP contribution is -2.29. The lowest BCUT2D eigenvalue weighted by molar-refractivity contribution is -0.129. The Morgan fingerprint density at radius 2 is 1.81 bits per heavy atom. The van der Waals surface area contributed by atoms with Crippen LogP contribution in [-0.2, 0) is 4.79 Å². The molecule has 0 rings (SSSR count). The number of amides is 1. The van der Waals surface area contributed by atoms with Crippen molar-refractivity contribution in [2.45, 2.75) is 51.9 Å². The quantitative estimate of drug-likeness (QED) is 0.500. The zero-order valence-corrected chi connectivity index (χ0v) is 11.3. The zero-order valence-electron chi connectivity index (χ0n) is 10.5. The van der Waals surface area contributed by atoms with Crippen molar-refractivity contribution in [3.05, 3.63) is 0 Å². The predicted molar refractivity (Wildman–Crippen MR) is 72.4 cm³/mol. The van der Waals surface area contributed by atoms with Gasteiger partial charge in [-0.15, -0.1) is 0 Å². The summed E-state index contributed by atoms with van der Waals surface area (Å²) >= 11 is 4.78. The molecule has 0 saturated carbocycles. The van der Waals surface area contributed by atoms with Crippen LogP contribution in [0.2, 0.25) is 0 Å². The normalized spacial score (nSPS) is 10.1. The van der Waals surface area contributed by atoms with Crippen molar-refractivity contribution < 1.29 is 4.79 Å². The maximum atomic E-state index is 11.6. The second-order valence-corrected chi connectivity index (χ2v) is 4.72. The van der Waals surface area contributed by atoms with Gasteiger partial charge in [-0.1, -0.05) is 44.8 Å². The van der Waals surface area contributed by atoms with Crippen LogP contribution in [-0.4, -0.2) is 29.4 Å². The van der Waals surface area contributed by atoms with Gasteiger partial charge in [-0.05, 0) is 6.42 Å². The van der Waals surface area contributed by atoms with E-state index >= 15 is 0 Å². The molecule has 0 atom stereocenters. The van der Waals surface area contributed by atoms with Crippen molar-refractivity contribution in [3.8, 4) is 0 Å². The maximum Gasteiger partial charge on any atom is 0.222 e. The topological polar surface area (TPSA) is 46.3 Å². The highest BCUT2D eigenvalue weighted by molar-refractivity contribution is 7.80. The molecule has 0 aromatic carbocycles. The summed E-state index contributed by atoms with van der Waals surface area (Å²) < 4.78 is 0. The summed E-state index contributed by atoms with van der Waals surface area (Å²) in [6.07, 6.45) is 7.16. The van der Waals surface area contributed by atoms with E-state index in [0.29, 0.717) is 24.4 Å². The van der Waals surface area contributed by atoms with Crippen molar-refractivity contribution in [1.29, 1.82) is 0 Å². The Labute approximate surface area is 104 Å². The Hall–Kier alpha value is -0.640. The molecule has 4 heteroatoms. The Morgan fingerprint density at radius 3 is 2.38 bits per heavy atom. The molecule has 0 fully saturated rings. The van der Waals surface area contributed by atoms with Crippen LogP contribution < -0.4 is 5.73 Å². The first-order valence-corrected chi connectivity index (χ1v) is 6.51. The van der Waals surface area contributed by atoms with Crippen molar-refractivity contribution in [2.75, 3.05) is 13.6 Å². The van der Waals surface area contributed by atoms with E-state index < -0.39 is 0 Å². The van der Waals surface area contributed by atoms with Gasteiger partial charge in [0.2, 0.25) is 5.91 Å². The van der Waals surface area contributed by atoms with E-state index in [1.54, 1.807) is 4.90 Å². The molecule has 0 radical (unpaired) electrons. The fourth-order valence-electron chi connectivity index (χ4n) is 1.47. The molecule has 1 amide bonds. The van der Waals surface area contributed by atoms with Crippen molar-refractivity contribution in [3.63, 3.8) is 0 Å². The van der Waals surface area contributed by atoms with Gasteiger partial charge in [0.15, 0.2) is 0 Å². The minimum absolute atomic E-state index is 0.202. The number of hydrogen-bond donors (Lipinski definition) is 1. The van der Waals surface area contributed by atoms with Gasteiger partial charge in [0.05, 0.1) is 4.99 Å². The van der Waals surface area contributed by atoms with Crippen LogP contribution in [0.1, 0.15) is 51.9 Å². The number of nitrogens with zero attached hydrogens (tertiary/aromatic N) is 1. The summed E-state index contributed by atoms with van der Waals surface area (Å²) in [7, 11) is 1.81. The highest BCUT2D eigenvalue weighted by Crippen LogP contribution is 2.06. The van der Waals surface area contributed by atoms with Gasteiger partial charge in [0.25, 0.3) is 0 Å². The predicted octanol–water partition coefficient (Wildman–Crippen LogP) is 2.48. The van der Waals surface area contributed by atoms with Crippen molar-refractivity contribution in [2.24, 2.45) is 5.73 Å². The summed E-state index contributed by atoms with van der Waals surface area (Å²) in [5, 5.41) is 0. The van der Waals surface area contributed by atoms with E-state index in [4.69, 9.17) is 18.0 Å². The molecule has 0 aliphatic heterocycles. The molecular formula is C12H24N2OS. The highest BCUT2D eigenvalue weighted by atomic mass is 32.1. The molecular weight excluding hydrogens is 220 g/mol. The number of unbranched alkanes of at least 4 members (excludes halogenated alkanes) is 4. The Balaban J connectivity index is 3.51. The smallest absolute Gasteiger partial charge is 0.222 e. The molecule has 94 valence electrons. The van der Waals surface area contributed by atoms with E-state index in [-0.39, 0.29) is 5.91 Å². The fraction of sp³-hybridized carbons (Fsp3) is 0.833. The largest absolute Gasteiger partial charge is 0.393 e. The summed E-state index contributed by atoms with van der Waals surface area (Å²) in [5.41, 5.74) is 5.39. The molecule has 2 N–H and O–H groups in total. The van der Waals surface area contributed by atoms with Crippen LogP contribution >= 0.6 is 12.2 Å². The van der Waals surface area contributed by atoms with Gasteiger partial charge in [-0.2, -0.15) is 0 Å². The zero-order chi connectivity index (χ0) is 12.4. The molecule has 0 saturated heterocycles. The summed E-state index contributed by atoms with van der Waals surface area (Å²) in [6.45, 7) is 2.83. The number of thiocarbonyl (C=S) groups is 1. The molecule has 16 heavy (non-hydrogen) atoms. The van der Waals surface area contributed by atoms with E-state index in [1.165, 1.54) is 19.3 Å². The Morgan fingerprint density at radius 1 is 1.19 bits per heavy atom. The van der Waals surface area contributed by atoms with Gasteiger partial charge >= 0.3 is 0 Å². The summed E-state index contributed by atoms with van der Waals surface area (Å²) in [4.78, 5) is 13.8. The third-order valence-electron chi connectivity index (χ3n) is 2.61. The number of carbonyl (C=O) groups is 1. The van der Waals surface area contributed by atoms with E-state index in [2.05, 4.69) is 6.92 Å². The molecule has 0 heterocycles. The number of carbonyl (C=O) groups excluding carboxylic acids is 1.